The largest absolute Gasteiger partial charge is 0.364 e. The molecule has 2 aromatic rings. The molecule has 0 atom stereocenters. The minimum Gasteiger partial charge on any atom is -0.364 e. The molecule has 1 aromatic carbocycles. The van der Waals surface area contributed by atoms with E-state index >= 15 is 0 Å². The molecule has 1 heterocycles. The molecule has 0 aliphatic heterocycles. The number of amides is 1. The molecule has 1 amide bonds. The lowest BCUT2D eigenvalue weighted by Gasteiger charge is -2.05. The van der Waals surface area contributed by atoms with Crippen molar-refractivity contribution in [2.45, 2.75) is 13.8 Å². The Labute approximate surface area is 93.7 Å². The minimum atomic E-state index is -0.470. The van der Waals surface area contributed by atoms with E-state index in [1.807, 2.05) is 38.1 Å². The molecule has 4 heteroatoms. The fraction of sp³-hybridized carbons (Fsp3) is 0.167. The first-order valence-corrected chi connectivity index (χ1v) is 5.01. The monoisotopic (exact) mass is 215 g/mol. The molecule has 82 valence electrons. The van der Waals surface area contributed by atoms with Crippen LogP contribution in [0.5, 0.6) is 0 Å². The Bertz CT molecular complexity index is 543. The summed E-state index contributed by atoms with van der Waals surface area (Å²) >= 11 is 0. The zero-order valence-corrected chi connectivity index (χ0v) is 9.27. The Balaban J connectivity index is 2.59. The van der Waals surface area contributed by atoms with Crippen molar-refractivity contribution in [2.24, 2.45) is 5.73 Å². The molecule has 0 fully saturated rings. The van der Waals surface area contributed by atoms with Crippen LogP contribution in [0.4, 0.5) is 0 Å². The highest BCUT2D eigenvalue weighted by Crippen LogP contribution is 2.13. The van der Waals surface area contributed by atoms with E-state index in [0.29, 0.717) is 5.69 Å². The number of carbonyl (C=O) groups is 1. The molecule has 1 aromatic heterocycles. The smallest absolute Gasteiger partial charge is 0.267 e. The fourth-order valence-electron chi connectivity index (χ4n) is 1.63. The maximum absolute atomic E-state index is 11.3. The number of hydrogen-bond donors (Lipinski definition) is 1. The summed E-state index contributed by atoms with van der Waals surface area (Å²) in [6.45, 7) is 3.82. The van der Waals surface area contributed by atoms with Gasteiger partial charge in [0, 0.05) is 0 Å². The number of hydrogen-bond acceptors (Lipinski definition) is 2. The first-order chi connectivity index (χ1) is 7.58. The van der Waals surface area contributed by atoms with Gasteiger partial charge in [-0.25, -0.2) is 4.68 Å². The van der Waals surface area contributed by atoms with E-state index in [-0.39, 0.29) is 0 Å². The van der Waals surface area contributed by atoms with Gasteiger partial charge in [0.15, 0.2) is 0 Å². The summed E-state index contributed by atoms with van der Waals surface area (Å²) in [7, 11) is 0. The molecular weight excluding hydrogens is 202 g/mol. The van der Waals surface area contributed by atoms with Gasteiger partial charge in [-0.3, -0.25) is 4.79 Å². The quantitative estimate of drug-likeness (QED) is 0.826. The molecule has 2 rings (SSSR count). The number of benzene rings is 1. The van der Waals surface area contributed by atoms with Crippen LogP contribution in [0, 0.1) is 13.8 Å². The standard InChI is InChI=1S/C12H13N3O/c1-8-4-3-5-10(6-8)15-11(12(13)16)7-9(2)14-15/h3-7H,1-2H3,(H2,13,16). The molecule has 0 unspecified atom stereocenters. The third-order valence-electron chi connectivity index (χ3n) is 2.33. The highest BCUT2D eigenvalue weighted by Gasteiger charge is 2.11. The molecule has 4 nitrogen and oxygen atoms in total. The van der Waals surface area contributed by atoms with Crippen LogP contribution in [0.15, 0.2) is 30.3 Å². The predicted octanol–water partition coefficient (Wildman–Crippen LogP) is 1.59. The average molecular weight is 215 g/mol. The van der Waals surface area contributed by atoms with Gasteiger partial charge >= 0.3 is 0 Å². The number of carbonyl (C=O) groups excluding carboxylic acids is 1. The summed E-state index contributed by atoms with van der Waals surface area (Å²) < 4.78 is 1.57. The summed E-state index contributed by atoms with van der Waals surface area (Å²) in [6, 6.07) is 9.45. The van der Waals surface area contributed by atoms with Gasteiger partial charge in [0.2, 0.25) is 0 Å². The van der Waals surface area contributed by atoms with Crippen molar-refractivity contribution < 1.29 is 4.79 Å². The molecule has 0 radical (unpaired) electrons. The summed E-state index contributed by atoms with van der Waals surface area (Å²) in [6.07, 6.45) is 0. The van der Waals surface area contributed by atoms with Crippen molar-refractivity contribution in [2.75, 3.05) is 0 Å². The molecule has 2 N–H and O–H groups in total. The van der Waals surface area contributed by atoms with Crippen LogP contribution in [0.2, 0.25) is 0 Å². The van der Waals surface area contributed by atoms with E-state index in [1.165, 1.54) is 0 Å². The van der Waals surface area contributed by atoms with Crippen LogP contribution >= 0.6 is 0 Å². The maximum Gasteiger partial charge on any atom is 0.267 e. The second-order valence-electron chi connectivity index (χ2n) is 3.79. The third-order valence-corrected chi connectivity index (χ3v) is 2.33. The van der Waals surface area contributed by atoms with Crippen molar-refractivity contribution in [3.05, 3.63) is 47.3 Å². The van der Waals surface area contributed by atoms with Crippen molar-refractivity contribution in [3.63, 3.8) is 0 Å². The topological polar surface area (TPSA) is 60.9 Å². The van der Waals surface area contributed by atoms with Crippen LogP contribution in [-0.4, -0.2) is 15.7 Å². The zero-order chi connectivity index (χ0) is 11.7. The molecule has 0 aliphatic rings. The molecule has 0 spiro atoms. The maximum atomic E-state index is 11.3. The Kier molecular flexibility index (Phi) is 2.48. The number of rotatable bonds is 2. The lowest BCUT2D eigenvalue weighted by molar-refractivity contribution is 0.0993. The lowest BCUT2D eigenvalue weighted by atomic mass is 10.2. The Morgan fingerprint density at radius 3 is 2.69 bits per heavy atom. The number of aromatic nitrogens is 2. The van der Waals surface area contributed by atoms with Gasteiger partial charge in [0.1, 0.15) is 5.69 Å². The van der Waals surface area contributed by atoms with Gasteiger partial charge in [-0.2, -0.15) is 5.10 Å². The van der Waals surface area contributed by atoms with E-state index in [0.717, 1.165) is 16.9 Å². The summed E-state index contributed by atoms with van der Waals surface area (Å²) in [5.41, 5.74) is 8.44. The highest BCUT2D eigenvalue weighted by molar-refractivity contribution is 5.91. The summed E-state index contributed by atoms with van der Waals surface area (Å²) in [5.74, 6) is -0.470. The van der Waals surface area contributed by atoms with E-state index < -0.39 is 5.91 Å². The number of primary amides is 1. The van der Waals surface area contributed by atoms with E-state index in [2.05, 4.69) is 5.10 Å². The van der Waals surface area contributed by atoms with E-state index in [1.54, 1.807) is 10.7 Å². The molecule has 16 heavy (non-hydrogen) atoms. The van der Waals surface area contributed by atoms with Gasteiger partial charge in [-0.15, -0.1) is 0 Å². The average Bonchev–Trinajstić information content (AvgIpc) is 2.60. The van der Waals surface area contributed by atoms with E-state index in [4.69, 9.17) is 5.73 Å². The highest BCUT2D eigenvalue weighted by atomic mass is 16.1. The molecular formula is C12H13N3O. The van der Waals surface area contributed by atoms with Crippen LogP contribution < -0.4 is 5.73 Å². The first-order valence-electron chi connectivity index (χ1n) is 5.01. The van der Waals surface area contributed by atoms with Crippen molar-refractivity contribution in [1.82, 2.24) is 9.78 Å². The number of nitrogens with two attached hydrogens (primary N) is 1. The van der Waals surface area contributed by atoms with Gasteiger partial charge in [0.25, 0.3) is 5.91 Å². The second-order valence-corrected chi connectivity index (χ2v) is 3.79. The summed E-state index contributed by atoms with van der Waals surface area (Å²) in [5, 5.41) is 4.26. The molecule has 0 aliphatic carbocycles. The molecule has 0 saturated heterocycles. The Morgan fingerprint density at radius 2 is 2.06 bits per heavy atom. The van der Waals surface area contributed by atoms with Crippen molar-refractivity contribution in [1.29, 1.82) is 0 Å². The fourth-order valence-corrected chi connectivity index (χ4v) is 1.63. The zero-order valence-electron chi connectivity index (χ0n) is 9.27. The number of nitrogens with zero attached hydrogens (tertiary/aromatic N) is 2. The molecule has 0 saturated carbocycles. The normalized spacial score (nSPS) is 10.4. The summed E-state index contributed by atoms with van der Waals surface area (Å²) in [4.78, 5) is 11.3. The number of aryl methyl sites for hydroxylation is 2. The predicted molar refractivity (Wildman–Crippen MR) is 61.6 cm³/mol. The van der Waals surface area contributed by atoms with Gasteiger partial charge in [-0.1, -0.05) is 12.1 Å². The van der Waals surface area contributed by atoms with Crippen LogP contribution in [0.3, 0.4) is 0 Å². The van der Waals surface area contributed by atoms with Crippen LogP contribution in [0.1, 0.15) is 21.7 Å². The van der Waals surface area contributed by atoms with Crippen LogP contribution in [0.25, 0.3) is 5.69 Å². The Morgan fingerprint density at radius 1 is 1.31 bits per heavy atom. The van der Waals surface area contributed by atoms with Gasteiger partial charge < -0.3 is 5.73 Å². The van der Waals surface area contributed by atoms with E-state index in [9.17, 15) is 4.79 Å². The minimum absolute atomic E-state index is 0.406. The first kappa shape index (κ1) is 10.4. The second kappa shape index (κ2) is 3.81. The lowest BCUT2D eigenvalue weighted by Crippen LogP contribution is -2.16. The van der Waals surface area contributed by atoms with Gasteiger partial charge in [0.05, 0.1) is 11.4 Å². The third kappa shape index (κ3) is 1.82. The Hall–Kier alpha value is -2.10. The SMILES string of the molecule is Cc1cccc(-n2nc(C)cc2C(N)=O)c1. The van der Waals surface area contributed by atoms with Gasteiger partial charge in [-0.05, 0) is 37.6 Å². The molecule has 0 bridgehead atoms. The van der Waals surface area contributed by atoms with Crippen molar-refractivity contribution >= 4 is 5.91 Å². The van der Waals surface area contributed by atoms with Crippen LogP contribution in [-0.2, 0) is 0 Å². The van der Waals surface area contributed by atoms with Crippen molar-refractivity contribution in [3.8, 4) is 5.69 Å².